The zero-order chi connectivity index (χ0) is 21.6. The summed E-state index contributed by atoms with van der Waals surface area (Å²) in [4.78, 5) is 2.37. The molecule has 160 valence electrons. The molecule has 3 nitrogen and oxygen atoms in total. The van der Waals surface area contributed by atoms with Crippen LogP contribution in [0.5, 0.6) is 11.5 Å². The first-order valence-electron chi connectivity index (χ1n) is 11.1. The normalized spacial score (nSPS) is 12.9. The SMILES string of the molecule is CCN(CC)CCOc1ccc(C2=C(c3ccccc3)Cc3cc(OC)ccc32)cc1. The van der Waals surface area contributed by atoms with Crippen molar-refractivity contribution in [2.45, 2.75) is 20.3 Å². The molecule has 0 N–H and O–H groups in total. The van der Waals surface area contributed by atoms with Crippen LogP contribution < -0.4 is 9.47 Å². The van der Waals surface area contributed by atoms with E-state index in [1.807, 2.05) is 0 Å². The average molecular weight is 414 g/mol. The molecule has 0 amide bonds. The molecule has 0 aromatic heterocycles. The van der Waals surface area contributed by atoms with Gasteiger partial charge in [-0.1, -0.05) is 62.4 Å². The number of methoxy groups -OCH3 is 1. The quantitative estimate of drug-likeness (QED) is 0.434. The fourth-order valence-electron chi connectivity index (χ4n) is 4.29. The van der Waals surface area contributed by atoms with E-state index in [-0.39, 0.29) is 0 Å². The summed E-state index contributed by atoms with van der Waals surface area (Å²) in [6.07, 6.45) is 0.911. The first-order chi connectivity index (χ1) is 15.2. The van der Waals surface area contributed by atoms with E-state index >= 15 is 0 Å². The zero-order valence-electron chi connectivity index (χ0n) is 18.7. The number of benzene rings is 3. The van der Waals surface area contributed by atoms with Crippen molar-refractivity contribution in [3.05, 3.63) is 95.1 Å². The fourth-order valence-corrected chi connectivity index (χ4v) is 4.29. The molecule has 1 aliphatic carbocycles. The minimum atomic E-state index is 0.710. The number of hydrogen-bond acceptors (Lipinski definition) is 3. The van der Waals surface area contributed by atoms with Gasteiger partial charge in [0, 0.05) is 6.54 Å². The number of hydrogen-bond donors (Lipinski definition) is 0. The highest BCUT2D eigenvalue weighted by Gasteiger charge is 2.24. The molecule has 0 unspecified atom stereocenters. The molecule has 0 saturated carbocycles. The summed E-state index contributed by atoms with van der Waals surface area (Å²) >= 11 is 0. The number of rotatable bonds is 9. The van der Waals surface area contributed by atoms with Crippen molar-refractivity contribution in [2.75, 3.05) is 33.4 Å². The van der Waals surface area contributed by atoms with Crippen molar-refractivity contribution in [2.24, 2.45) is 0 Å². The minimum absolute atomic E-state index is 0.710. The molecule has 3 aromatic rings. The number of allylic oxidation sites excluding steroid dienone is 1. The minimum Gasteiger partial charge on any atom is -0.497 e. The van der Waals surface area contributed by atoms with Crippen molar-refractivity contribution < 1.29 is 9.47 Å². The highest BCUT2D eigenvalue weighted by Crippen LogP contribution is 2.43. The molecule has 0 aliphatic heterocycles. The Bertz CT molecular complexity index is 1030. The second kappa shape index (κ2) is 9.84. The molecule has 31 heavy (non-hydrogen) atoms. The number of ether oxygens (including phenoxy) is 2. The summed E-state index contributed by atoms with van der Waals surface area (Å²) in [6.45, 7) is 8.14. The Morgan fingerprint density at radius 1 is 0.806 bits per heavy atom. The van der Waals surface area contributed by atoms with Crippen LogP contribution in [-0.4, -0.2) is 38.3 Å². The van der Waals surface area contributed by atoms with Gasteiger partial charge in [0.1, 0.15) is 18.1 Å². The third-order valence-corrected chi connectivity index (χ3v) is 6.09. The Balaban J connectivity index is 1.62. The highest BCUT2D eigenvalue weighted by molar-refractivity contribution is 6.03. The third-order valence-electron chi connectivity index (χ3n) is 6.09. The average Bonchev–Trinajstić information content (AvgIpc) is 3.21. The lowest BCUT2D eigenvalue weighted by Gasteiger charge is -2.18. The Kier molecular flexibility index (Phi) is 6.73. The van der Waals surface area contributed by atoms with Crippen LogP contribution in [0.2, 0.25) is 0 Å². The smallest absolute Gasteiger partial charge is 0.119 e. The second-order valence-electron chi connectivity index (χ2n) is 7.82. The van der Waals surface area contributed by atoms with E-state index in [1.54, 1.807) is 7.11 Å². The fraction of sp³-hybridized carbons (Fsp3) is 0.286. The van der Waals surface area contributed by atoms with Gasteiger partial charge in [0.25, 0.3) is 0 Å². The summed E-state index contributed by atoms with van der Waals surface area (Å²) in [5, 5.41) is 0. The van der Waals surface area contributed by atoms with Crippen LogP contribution in [0.25, 0.3) is 11.1 Å². The van der Waals surface area contributed by atoms with Crippen molar-refractivity contribution in [1.82, 2.24) is 4.90 Å². The van der Waals surface area contributed by atoms with Crippen molar-refractivity contribution in [3.63, 3.8) is 0 Å². The standard InChI is InChI=1S/C28H31NO2/c1-4-29(5-2)17-18-31-24-13-11-22(12-14-24)28-26-16-15-25(30-3)19-23(26)20-27(28)21-9-7-6-8-10-21/h6-16,19H,4-5,17-18,20H2,1-3H3. The van der Waals surface area contributed by atoms with Crippen LogP contribution in [0.15, 0.2) is 72.8 Å². The lowest BCUT2D eigenvalue weighted by Crippen LogP contribution is -2.27. The van der Waals surface area contributed by atoms with E-state index in [9.17, 15) is 0 Å². The number of likely N-dealkylation sites (N-methyl/N-ethyl adjacent to an activating group) is 1. The van der Waals surface area contributed by atoms with Gasteiger partial charge in [0.2, 0.25) is 0 Å². The van der Waals surface area contributed by atoms with Crippen LogP contribution in [0.1, 0.15) is 36.1 Å². The first kappa shape index (κ1) is 21.2. The number of nitrogens with zero attached hydrogens (tertiary/aromatic N) is 1. The number of fused-ring (bicyclic) bond motifs is 1. The van der Waals surface area contributed by atoms with Crippen molar-refractivity contribution in [3.8, 4) is 11.5 Å². The largest absolute Gasteiger partial charge is 0.497 e. The molecular weight excluding hydrogens is 382 g/mol. The summed E-state index contributed by atoms with van der Waals surface area (Å²) in [5.74, 6) is 1.83. The molecule has 0 bridgehead atoms. The van der Waals surface area contributed by atoms with Gasteiger partial charge in [0.15, 0.2) is 0 Å². The lowest BCUT2D eigenvalue weighted by molar-refractivity contribution is 0.223. The topological polar surface area (TPSA) is 21.7 Å². The molecule has 4 rings (SSSR count). The lowest BCUT2D eigenvalue weighted by atomic mass is 9.94. The van der Waals surface area contributed by atoms with Crippen LogP contribution >= 0.6 is 0 Å². The Labute approximate surface area is 185 Å². The van der Waals surface area contributed by atoms with Crippen LogP contribution in [0.4, 0.5) is 0 Å². The highest BCUT2D eigenvalue weighted by atomic mass is 16.5. The van der Waals surface area contributed by atoms with Gasteiger partial charge in [-0.2, -0.15) is 0 Å². The maximum atomic E-state index is 5.99. The van der Waals surface area contributed by atoms with E-state index < -0.39 is 0 Å². The van der Waals surface area contributed by atoms with E-state index in [1.165, 1.54) is 33.4 Å². The summed E-state index contributed by atoms with van der Waals surface area (Å²) in [6, 6.07) is 25.6. The van der Waals surface area contributed by atoms with E-state index in [0.717, 1.165) is 37.6 Å². The zero-order valence-corrected chi connectivity index (χ0v) is 18.7. The third kappa shape index (κ3) is 4.67. The van der Waals surface area contributed by atoms with Gasteiger partial charge < -0.3 is 14.4 Å². The molecule has 0 atom stereocenters. The molecule has 0 fully saturated rings. The Hall–Kier alpha value is -3.04. The molecule has 0 radical (unpaired) electrons. The van der Waals surface area contributed by atoms with Gasteiger partial charge in [-0.05, 0) is 77.2 Å². The molecule has 0 heterocycles. The van der Waals surface area contributed by atoms with E-state index in [2.05, 4.69) is 91.5 Å². The summed E-state index contributed by atoms with van der Waals surface area (Å²) in [5.41, 5.74) is 7.76. The molecule has 0 spiro atoms. The van der Waals surface area contributed by atoms with Gasteiger partial charge in [-0.25, -0.2) is 0 Å². The summed E-state index contributed by atoms with van der Waals surface area (Å²) in [7, 11) is 1.72. The molecular formula is C28H31NO2. The van der Waals surface area contributed by atoms with E-state index in [4.69, 9.17) is 9.47 Å². The van der Waals surface area contributed by atoms with Crippen LogP contribution in [-0.2, 0) is 6.42 Å². The monoisotopic (exact) mass is 413 g/mol. The molecule has 0 saturated heterocycles. The van der Waals surface area contributed by atoms with Crippen molar-refractivity contribution >= 4 is 11.1 Å². The Morgan fingerprint density at radius 2 is 1.52 bits per heavy atom. The molecule has 1 aliphatic rings. The Morgan fingerprint density at radius 3 is 2.19 bits per heavy atom. The van der Waals surface area contributed by atoms with Gasteiger partial charge in [0.05, 0.1) is 7.11 Å². The maximum absolute atomic E-state index is 5.99. The van der Waals surface area contributed by atoms with Gasteiger partial charge >= 0.3 is 0 Å². The van der Waals surface area contributed by atoms with Gasteiger partial charge in [-0.3, -0.25) is 0 Å². The van der Waals surface area contributed by atoms with E-state index in [0.29, 0.717) is 6.61 Å². The molecule has 3 heteroatoms. The van der Waals surface area contributed by atoms with Crippen LogP contribution in [0, 0.1) is 0 Å². The maximum Gasteiger partial charge on any atom is 0.119 e. The van der Waals surface area contributed by atoms with Crippen LogP contribution in [0.3, 0.4) is 0 Å². The van der Waals surface area contributed by atoms with Crippen molar-refractivity contribution in [1.29, 1.82) is 0 Å². The predicted octanol–water partition coefficient (Wildman–Crippen LogP) is 5.93. The first-order valence-corrected chi connectivity index (χ1v) is 11.1. The van der Waals surface area contributed by atoms with Gasteiger partial charge in [-0.15, -0.1) is 0 Å². The summed E-state index contributed by atoms with van der Waals surface area (Å²) < 4.78 is 11.5. The molecule has 3 aromatic carbocycles. The second-order valence-corrected chi connectivity index (χ2v) is 7.82. The predicted molar refractivity (Wildman–Crippen MR) is 129 cm³/mol.